The molecule has 1 heterocycles. The van der Waals surface area contributed by atoms with E-state index in [0.29, 0.717) is 18.1 Å². The Kier molecular flexibility index (Phi) is 4.97. The lowest BCUT2D eigenvalue weighted by atomic mass is 9.93. The van der Waals surface area contributed by atoms with E-state index in [4.69, 9.17) is 0 Å². The zero-order valence-electron chi connectivity index (χ0n) is 13.6. The van der Waals surface area contributed by atoms with Crippen LogP contribution in [0.3, 0.4) is 0 Å². The van der Waals surface area contributed by atoms with Gasteiger partial charge in [-0.25, -0.2) is 0 Å². The predicted molar refractivity (Wildman–Crippen MR) is 89.6 cm³/mol. The fourth-order valence-corrected chi connectivity index (χ4v) is 4.16. The van der Waals surface area contributed by atoms with Crippen LogP contribution in [0.4, 0.5) is 0 Å². The summed E-state index contributed by atoms with van der Waals surface area (Å²) in [5.41, 5.74) is 3.21. The quantitative estimate of drug-likeness (QED) is 0.847. The van der Waals surface area contributed by atoms with Crippen molar-refractivity contribution in [2.75, 3.05) is 13.1 Å². The highest BCUT2D eigenvalue weighted by molar-refractivity contribution is 5.31. The van der Waals surface area contributed by atoms with Crippen molar-refractivity contribution in [1.29, 1.82) is 0 Å². The van der Waals surface area contributed by atoms with Crippen LogP contribution in [0.15, 0.2) is 24.3 Å². The van der Waals surface area contributed by atoms with Gasteiger partial charge < -0.3 is 5.32 Å². The summed E-state index contributed by atoms with van der Waals surface area (Å²) < 4.78 is 0. The van der Waals surface area contributed by atoms with E-state index in [9.17, 15) is 0 Å². The number of nitrogens with one attached hydrogen (secondary N) is 1. The molecular weight excluding hydrogens is 256 g/mol. The van der Waals surface area contributed by atoms with Crippen molar-refractivity contribution in [3.05, 3.63) is 35.4 Å². The molecule has 1 aliphatic heterocycles. The van der Waals surface area contributed by atoms with Crippen LogP contribution in [0.2, 0.25) is 0 Å². The van der Waals surface area contributed by atoms with Gasteiger partial charge in [-0.2, -0.15) is 0 Å². The van der Waals surface area contributed by atoms with Crippen LogP contribution in [0.25, 0.3) is 0 Å². The van der Waals surface area contributed by atoms with E-state index in [0.717, 1.165) is 6.54 Å². The highest BCUT2D eigenvalue weighted by atomic mass is 15.3. The van der Waals surface area contributed by atoms with E-state index in [1.165, 1.54) is 45.1 Å². The smallest absolute Gasteiger partial charge is 0.0354 e. The van der Waals surface area contributed by atoms with Crippen molar-refractivity contribution in [3.63, 3.8) is 0 Å². The molecule has 0 amide bonds. The second-order valence-corrected chi connectivity index (χ2v) is 6.73. The van der Waals surface area contributed by atoms with E-state index >= 15 is 0 Å². The summed E-state index contributed by atoms with van der Waals surface area (Å²) in [6.45, 7) is 7.03. The number of fused-ring (bicyclic) bond motifs is 1. The maximum Gasteiger partial charge on any atom is 0.0354 e. The van der Waals surface area contributed by atoms with Gasteiger partial charge >= 0.3 is 0 Å². The largest absolute Gasteiger partial charge is 0.311 e. The summed E-state index contributed by atoms with van der Waals surface area (Å²) in [4.78, 5) is 2.83. The Morgan fingerprint density at radius 1 is 1.14 bits per heavy atom. The summed E-state index contributed by atoms with van der Waals surface area (Å²) in [6.07, 6.45) is 7.82. The number of piperazine rings is 1. The number of aryl methyl sites for hydroxylation is 1. The van der Waals surface area contributed by atoms with Gasteiger partial charge in [-0.15, -0.1) is 0 Å². The van der Waals surface area contributed by atoms with Gasteiger partial charge in [-0.05, 0) is 43.2 Å². The van der Waals surface area contributed by atoms with Crippen molar-refractivity contribution in [2.24, 2.45) is 0 Å². The summed E-state index contributed by atoms with van der Waals surface area (Å²) in [5.74, 6) is 0. The molecule has 0 spiro atoms. The van der Waals surface area contributed by atoms with Gasteiger partial charge in [0.15, 0.2) is 0 Å². The minimum atomic E-state index is 0.643. The molecule has 1 N–H and O–H groups in total. The molecule has 3 rings (SSSR count). The summed E-state index contributed by atoms with van der Waals surface area (Å²) in [5, 5.41) is 3.74. The van der Waals surface area contributed by atoms with Crippen molar-refractivity contribution in [3.8, 4) is 0 Å². The Morgan fingerprint density at radius 3 is 2.81 bits per heavy atom. The monoisotopic (exact) mass is 286 g/mol. The van der Waals surface area contributed by atoms with Crippen molar-refractivity contribution in [2.45, 2.75) is 70.5 Å². The minimum absolute atomic E-state index is 0.643. The molecule has 3 atom stereocenters. The fraction of sp³-hybridized carbons (Fsp3) is 0.684. The van der Waals surface area contributed by atoms with Gasteiger partial charge in [-0.1, -0.05) is 44.5 Å². The first kappa shape index (κ1) is 15.1. The number of benzene rings is 1. The SMILES string of the molecule is CCC1CN(C2CCCCc3ccccc32)C(CC)CN1. The number of hydrogen-bond acceptors (Lipinski definition) is 2. The zero-order valence-corrected chi connectivity index (χ0v) is 13.6. The molecule has 0 bridgehead atoms. The highest BCUT2D eigenvalue weighted by Crippen LogP contribution is 2.35. The highest BCUT2D eigenvalue weighted by Gasteiger charge is 2.33. The van der Waals surface area contributed by atoms with Gasteiger partial charge in [0.2, 0.25) is 0 Å². The summed E-state index contributed by atoms with van der Waals surface area (Å²) in [7, 11) is 0. The molecule has 1 saturated heterocycles. The first-order valence-corrected chi connectivity index (χ1v) is 8.90. The molecule has 0 aromatic heterocycles. The van der Waals surface area contributed by atoms with E-state index in [1.807, 2.05) is 0 Å². The molecule has 3 unspecified atom stereocenters. The number of rotatable bonds is 3. The minimum Gasteiger partial charge on any atom is -0.311 e. The lowest BCUT2D eigenvalue weighted by Gasteiger charge is -2.45. The molecule has 1 aromatic carbocycles. The lowest BCUT2D eigenvalue weighted by molar-refractivity contribution is 0.0722. The van der Waals surface area contributed by atoms with Gasteiger partial charge in [0.25, 0.3) is 0 Å². The number of nitrogens with zero attached hydrogens (tertiary/aromatic N) is 1. The van der Waals surface area contributed by atoms with E-state index in [1.54, 1.807) is 11.1 Å². The first-order valence-electron chi connectivity index (χ1n) is 8.90. The first-order chi connectivity index (χ1) is 10.3. The lowest BCUT2D eigenvalue weighted by Crippen LogP contribution is -2.56. The van der Waals surface area contributed by atoms with E-state index in [2.05, 4.69) is 48.3 Å². The Bertz CT molecular complexity index is 457. The summed E-state index contributed by atoms with van der Waals surface area (Å²) >= 11 is 0. The van der Waals surface area contributed by atoms with E-state index in [-0.39, 0.29) is 0 Å². The Morgan fingerprint density at radius 2 is 2.00 bits per heavy atom. The van der Waals surface area contributed by atoms with Gasteiger partial charge in [0.05, 0.1) is 0 Å². The molecular formula is C19H30N2. The van der Waals surface area contributed by atoms with Crippen LogP contribution in [-0.2, 0) is 6.42 Å². The van der Waals surface area contributed by atoms with Crippen molar-refractivity contribution in [1.82, 2.24) is 10.2 Å². The maximum atomic E-state index is 3.74. The molecule has 21 heavy (non-hydrogen) atoms. The fourth-order valence-electron chi connectivity index (χ4n) is 4.16. The molecule has 1 aromatic rings. The third kappa shape index (κ3) is 3.17. The van der Waals surface area contributed by atoms with E-state index < -0.39 is 0 Å². The van der Waals surface area contributed by atoms with Gasteiger partial charge in [0, 0.05) is 31.2 Å². The van der Waals surface area contributed by atoms with Crippen LogP contribution in [0, 0.1) is 0 Å². The van der Waals surface area contributed by atoms with Crippen LogP contribution >= 0.6 is 0 Å². The zero-order chi connectivity index (χ0) is 14.7. The van der Waals surface area contributed by atoms with Gasteiger partial charge in [0.1, 0.15) is 0 Å². The predicted octanol–water partition coefficient (Wildman–Crippen LogP) is 3.92. The van der Waals surface area contributed by atoms with Crippen LogP contribution in [0.5, 0.6) is 0 Å². The van der Waals surface area contributed by atoms with Crippen LogP contribution in [-0.4, -0.2) is 30.1 Å². The third-order valence-corrected chi connectivity index (χ3v) is 5.49. The van der Waals surface area contributed by atoms with Crippen molar-refractivity contribution >= 4 is 0 Å². The molecule has 2 aliphatic rings. The third-order valence-electron chi connectivity index (χ3n) is 5.49. The van der Waals surface area contributed by atoms with Gasteiger partial charge in [-0.3, -0.25) is 4.90 Å². The molecule has 1 fully saturated rings. The molecule has 1 aliphatic carbocycles. The second kappa shape index (κ2) is 6.93. The Balaban J connectivity index is 1.89. The average Bonchev–Trinajstić information content (AvgIpc) is 2.76. The average molecular weight is 286 g/mol. The second-order valence-electron chi connectivity index (χ2n) is 6.73. The molecule has 116 valence electrons. The molecule has 0 radical (unpaired) electrons. The molecule has 2 heteroatoms. The molecule has 0 saturated carbocycles. The standard InChI is InChI=1S/C19H30N2/c1-3-16-14-21(17(4-2)13-20-16)19-12-8-6-10-15-9-5-7-11-18(15)19/h5,7,9,11,16-17,19-20H,3-4,6,8,10,12-14H2,1-2H3. The summed E-state index contributed by atoms with van der Waals surface area (Å²) in [6, 6.07) is 11.2. The van der Waals surface area contributed by atoms with Crippen molar-refractivity contribution < 1.29 is 0 Å². The van der Waals surface area contributed by atoms with Crippen LogP contribution < -0.4 is 5.32 Å². The van der Waals surface area contributed by atoms with Crippen LogP contribution in [0.1, 0.15) is 63.1 Å². The Labute approximate surface area is 129 Å². The number of hydrogen-bond donors (Lipinski definition) is 1. The Hall–Kier alpha value is -0.860. The molecule has 2 nitrogen and oxygen atoms in total. The normalized spacial score (nSPS) is 30.7. The topological polar surface area (TPSA) is 15.3 Å². The maximum absolute atomic E-state index is 3.74.